The van der Waals surface area contributed by atoms with Crippen LogP contribution in [0.15, 0.2) is 91.0 Å². The quantitative estimate of drug-likeness (QED) is 0.599. The maximum absolute atomic E-state index is 12.3. The zero-order valence-electron chi connectivity index (χ0n) is 15.9. The summed E-state index contributed by atoms with van der Waals surface area (Å²) in [4.78, 5) is 12.3. The molecular formula is C25H26N2O. The van der Waals surface area contributed by atoms with Gasteiger partial charge in [0.1, 0.15) is 0 Å². The number of carbonyl (C=O) groups excluding carboxylic acids is 1. The SMILES string of the molecule is O=C(NCCC(c1ccccc1)c1ccccc1)NC1CC1c1ccccc1. The van der Waals surface area contributed by atoms with Gasteiger partial charge in [0.25, 0.3) is 0 Å². The lowest BCUT2D eigenvalue weighted by molar-refractivity contribution is 0.240. The summed E-state index contributed by atoms with van der Waals surface area (Å²) in [5.41, 5.74) is 3.87. The van der Waals surface area contributed by atoms with Gasteiger partial charge in [-0.05, 0) is 29.5 Å². The first-order chi connectivity index (χ1) is 13.8. The number of urea groups is 1. The number of rotatable bonds is 7. The van der Waals surface area contributed by atoms with Gasteiger partial charge in [-0.2, -0.15) is 0 Å². The average molecular weight is 370 g/mol. The number of benzene rings is 3. The van der Waals surface area contributed by atoms with Crippen LogP contribution in [0, 0.1) is 0 Å². The summed E-state index contributed by atoms with van der Waals surface area (Å²) in [5.74, 6) is 0.731. The fourth-order valence-electron chi connectivity index (χ4n) is 3.87. The van der Waals surface area contributed by atoms with Crippen LogP contribution >= 0.6 is 0 Å². The van der Waals surface area contributed by atoms with Gasteiger partial charge in [-0.1, -0.05) is 91.0 Å². The minimum Gasteiger partial charge on any atom is -0.338 e. The molecule has 4 rings (SSSR count). The van der Waals surface area contributed by atoms with Gasteiger partial charge in [0.2, 0.25) is 0 Å². The van der Waals surface area contributed by atoms with Gasteiger partial charge in [-0.3, -0.25) is 0 Å². The summed E-state index contributed by atoms with van der Waals surface area (Å²) in [6.07, 6.45) is 1.89. The van der Waals surface area contributed by atoms with Crippen molar-refractivity contribution in [1.82, 2.24) is 10.6 Å². The molecule has 0 bridgehead atoms. The van der Waals surface area contributed by atoms with E-state index in [0.717, 1.165) is 12.8 Å². The van der Waals surface area contributed by atoms with Crippen LogP contribution in [-0.4, -0.2) is 18.6 Å². The lowest BCUT2D eigenvalue weighted by Crippen LogP contribution is -2.38. The molecule has 28 heavy (non-hydrogen) atoms. The highest BCUT2D eigenvalue weighted by Crippen LogP contribution is 2.40. The second-order valence-electron chi connectivity index (χ2n) is 7.42. The Bertz CT molecular complexity index is 841. The molecule has 2 N–H and O–H groups in total. The zero-order valence-corrected chi connectivity index (χ0v) is 15.9. The Hall–Kier alpha value is -3.07. The van der Waals surface area contributed by atoms with Crippen LogP contribution in [0.2, 0.25) is 0 Å². The minimum absolute atomic E-state index is 0.0664. The minimum atomic E-state index is -0.0664. The Morgan fingerprint density at radius 1 is 0.821 bits per heavy atom. The van der Waals surface area contributed by atoms with Crippen molar-refractivity contribution in [1.29, 1.82) is 0 Å². The van der Waals surface area contributed by atoms with E-state index >= 15 is 0 Å². The van der Waals surface area contributed by atoms with Crippen molar-refractivity contribution in [3.8, 4) is 0 Å². The van der Waals surface area contributed by atoms with Gasteiger partial charge in [-0.25, -0.2) is 4.79 Å². The van der Waals surface area contributed by atoms with Gasteiger partial charge in [0.15, 0.2) is 0 Å². The van der Waals surface area contributed by atoms with Crippen LogP contribution in [0.3, 0.4) is 0 Å². The third-order valence-corrected chi connectivity index (χ3v) is 5.46. The van der Waals surface area contributed by atoms with E-state index in [9.17, 15) is 4.79 Å². The summed E-state index contributed by atoms with van der Waals surface area (Å²) in [6, 6.07) is 31.6. The maximum atomic E-state index is 12.3. The number of amides is 2. The highest BCUT2D eigenvalue weighted by Gasteiger charge is 2.39. The molecule has 0 heterocycles. The van der Waals surface area contributed by atoms with Crippen LogP contribution in [-0.2, 0) is 0 Å². The van der Waals surface area contributed by atoms with E-state index in [-0.39, 0.29) is 18.0 Å². The van der Waals surface area contributed by atoms with E-state index < -0.39 is 0 Å². The molecule has 142 valence electrons. The first-order valence-corrected chi connectivity index (χ1v) is 10.0. The predicted octanol–water partition coefficient (Wildman–Crippen LogP) is 5.06. The van der Waals surface area contributed by atoms with E-state index in [1.807, 2.05) is 18.2 Å². The van der Waals surface area contributed by atoms with Crippen LogP contribution in [0.1, 0.15) is 41.4 Å². The predicted molar refractivity (Wildman–Crippen MR) is 113 cm³/mol. The van der Waals surface area contributed by atoms with Crippen molar-refractivity contribution in [2.24, 2.45) is 0 Å². The topological polar surface area (TPSA) is 41.1 Å². The number of nitrogens with one attached hydrogen (secondary N) is 2. The Morgan fingerprint density at radius 3 is 1.93 bits per heavy atom. The van der Waals surface area contributed by atoms with Crippen LogP contribution in [0.4, 0.5) is 4.79 Å². The molecule has 2 unspecified atom stereocenters. The van der Waals surface area contributed by atoms with Crippen LogP contribution in [0.5, 0.6) is 0 Å². The van der Waals surface area contributed by atoms with E-state index in [1.54, 1.807) is 0 Å². The molecule has 1 saturated carbocycles. The Labute approximate surface area is 166 Å². The molecule has 3 aromatic carbocycles. The second-order valence-corrected chi connectivity index (χ2v) is 7.42. The van der Waals surface area contributed by atoms with E-state index in [1.165, 1.54) is 16.7 Å². The second kappa shape index (κ2) is 8.75. The number of hydrogen-bond acceptors (Lipinski definition) is 1. The van der Waals surface area contributed by atoms with E-state index in [0.29, 0.717) is 12.5 Å². The molecule has 3 heteroatoms. The highest BCUT2D eigenvalue weighted by molar-refractivity contribution is 5.74. The fraction of sp³-hybridized carbons (Fsp3) is 0.240. The summed E-state index contributed by atoms with van der Waals surface area (Å²) < 4.78 is 0. The van der Waals surface area contributed by atoms with Crippen LogP contribution < -0.4 is 10.6 Å². The van der Waals surface area contributed by atoms with Gasteiger partial charge >= 0.3 is 6.03 Å². The fourth-order valence-corrected chi connectivity index (χ4v) is 3.87. The van der Waals surface area contributed by atoms with Gasteiger partial charge in [0.05, 0.1) is 0 Å². The standard InChI is InChI=1S/C25H26N2O/c28-25(27-24-18-23(24)21-14-8-3-9-15-21)26-17-16-22(19-10-4-1-5-11-19)20-12-6-2-7-13-20/h1-15,22-24H,16-18H2,(H2,26,27,28). The van der Waals surface area contributed by atoms with Crippen molar-refractivity contribution in [3.05, 3.63) is 108 Å². The van der Waals surface area contributed by atoms with Crippen molar-refractivity contribution in [3.63, 3.8) is 0 Å². The van der Waals surface area contributed by atoms with E-state index in [2.05, 4.69) is 83.4 Å². The van der Waals surface area contributed by atoms with Crippen molar-refractivity contribution >= 4 is 6.03 Å². The number of carbonyl (C=O) groups is 1. The van der Waals surface area contributed by atoms with Crippen molar-refractivity contribution in [2.75, 3.05) is 6.54 Å². The summed E-state index contributed by atoms with van der Waals surface area (Å²) >= 11 is 0. The largest absolute Gasteiger partial charge is 0.338 e. The summed E-state index contributed by atoms with van der Waals surface area (Å²) in [5, 5.41) is 6.15. The Kier molecular flexibility index (Phi) is 5.72. The maximum Gasteiger partial charge on any atom is 0.315 e. The molecule has 0 spiro atoms. The van der Waals surface area contributed by atoms with Gasteiger partial charge < -0.3 is 10.6 Å². The van der Waals surface area contributed by atoms with E-state index in [4.69, 9.17) is 0 Å². The molecule has 0 aromatic heterocycles. The molecular weight excluding hydrogens is 344 g/mol. The highest BCUT2D eigenvalue weighted by atomic mass is 16.2. The molecule has 1 fully saturated rings. The molecule has 0 saturated heterocycles. The first-order valence-electron chi connectivity index (χ1n) is 10.0. The molecule has 0 radical (unpaired) electrons. The van der Waals surface area contributed by atoms with Gasteiger partial charge in [-0.15, -0.1) is 0 Å². The monoisotopic (exact) mass is 370 g/mol. The summed E-state index contributed by atoms with van der Waals surface area (Å²) in [7, 11) is 0. The summed E-state index contributed by atoms with van der Waals surface area (Å²) in [6.45, 7) is 0.642. The van der Waals surface area contributed by atoms with Crippen LogP contribution in [0.25, 0.3) is 0 Å². The molecule has 1 aliphatic carbocycles. The van der Waals surface area contributed by atoms with Gasteiger partial charge in [0, 0.05) is 24.4 Å². The molecule has 1 aliphatic rings. The van der Waals surface area contributed by atoms with Crippen molar-refractivity contribution in [2.45, 2.75) is 30.7 Å². The molecule has 3 nitrogen and oxygen atoms in total. The molecule has 2 atom stereocenters. The third kappa shape index (κ3) is 4.61. The normalized spacial score (nSPS) is 17.9. The first kappa shape index (κ1) is 18.3. The lowest BCUT2D eigenvalue weighted by Gasteiger charge is -2.18. The smallest absolute Gasteiger partial charge is 0.315 e. The molecule has 3 aromatic rings. The number of hydrogen-bond donors (Lipinski definition) is 2. The molecule has 2 amide bonds. The lowest BCUT2D eigenvalue weighted by atomic mass is 9.88. The molecule has 0 aliphatic heterocycles. The Morgan fingerprint density at radius 2 is 1.36 bits per heavy atom. The Balaban J connectivity index is 1.30. The van der Waals surface area contributed by atoms with Crippen molar-refractivity contribution < 1.29 is 4.79 Å². The average Bonchev–Trinajstić information content (AvgIpc) is 3.52. The third-order valence-electron chi connectivity index (χ3n) is 5.46. The zero-order chi connectivity index (χ0) is 19.2.